The van der Waals surface area contributed by atoms with Crippen LogP contribution in [0.4, 0.5) is 10.7 Å². The van der Waals surface area contributed by atoms with Crippen LogP contribution in [-0.4, -0.2) is 100.0 Å². The molecule has 6 heterocycles. The number of imidazole rings is 1. The molecule has 1 saturated heterocycles. The van der Waals surface area contributed by atoms with Gasteiger partial charge in [-0.15, -0.1) is 0 Å². The highest BCUT2D eigenvalue weighted by Crippen LogP contribution is 2.37. The number of benzene rings is 2. The SMILES string of the molecule is CCc1nc(C)oc1C(=O)Nc1nc2cc(C(N)=O)cc(OC)c2n1C/C=C/Cn1c2nc(-c3cc(C)nn3CC)ncc2c2cc(C(N)=O)cc(OCCC3CN(C(=O)OC(C)(C)C)C3)c21. The summed E-state index contributed by atoms with van der Waals surface area (Å²) in [4.78, 5) is 72.0. The second kappa shape index (κ2) is 18.2. The zero-order valence-corrected chi connectivity index (χ0v) is 38.8. The first-order valence-electron chi connectivity index (χ1n) is 22.1. The first-order valence-corrected chi connectivity index (χ1v) is 22.1. The lowest BCUT2D eigenvalue weighted by Gasteiger charge is -2.39. The van der Waals surface area contributed by atoms with Gasteiger partial charge in [-0.2, -0.15) is 5.10 Å². The van der Waals surface area contributed by atoms with Crippen molar-refractivity contribution in [2.45, 2.75) is 86.5 Å². The number of nitrogens with two attached hydrogens (primary N) is 2. The van der Waals surface area contributed by atoms with Crippen molar-refractivity contribution in [3.63, 3.8) is 0 Å². The molecule has 1 fully saturated rings. The number of aryl methyl sites for hydroxylation is 4. The maximum Gasteiger partial charge on any atom is 0.410 e. The number of fused-ring (bicyclic) bond motifs is 4. The number of hydrogen-bond donors (Lipinski definition) is 3. The standard InChI is InChI=1S/C47H54N12O8/c1-9-32-39(66-26(4)51-32)44(62)54-45-52-33-19-29(41(49)61)20-35(64-8)38(33)58(45)15-12-11-14-57-37-30(31-22-50-42(53-43(31)57)34-17-25(3)55-59(34)10-2)18-28(40(48)60)21-36(37)65-16-13-27-23-56(24-27)46(63)67-47(5,6)7/h11-12,17-22,27H,9-10,13-16,23-24H2,1-8H3,(H2,48,60)(H2,49,61)(H,52,54,62)/b12-11+. The number of primary amides is 2. The lowest BCUT2D eigenvalue weighted by molar-refractivity contribution is -0.00383. The number of oxazole rings is 1. The predicted molar refractivity (Wildman–Crippen MR) is 249 cm³/mol. The Balaban J connectivity index is 1.17. The fourth-order valence-electron chi connectivity index (χ4n) is 8.26. The number of amides is 4. The molecule has 2 aromatic carbocycles. The van der Waals surface area contributed by atoms with Crippen molar-refractivity contribution >= 4 is 62.7 Å². The third-order valence-corrected chi connectivity index (χ3v) is 11.4. The van der Waals surface area contributed by atoms with Crippen LogP contribution in [0.2, 0.25) is 0 Å². The third-order valence-electron chi connectivity index (χ3n) is 11.4. The molecular formula is C47H54N12O8. The molecule has 1 aliphatic heterocycles. The Morgan fingerprint density at radius 2 is 1.60 bits per heavy atom. The molecule has 5 N–H and O–H groups in total. The highest BCUT2D eigenvalue weighted by atomic mass is 16.6. The minimum Gasteiger partial charge on any atom is -0.494 e. The van der Waals surface area contributed by atoms with Crippen LogP contribution in [0.15, 0.2) is 53.1 Å². The van der Waals surface area contributed by atoms with Gasteiger partial charge >= 0.3 is 6.09 Å². The summed E-state index contributed by atoms with van der Waals surface area (Å²) in [5, 5.41) is 8.82. The van der Waals surface area contributed by atoms with Gasteiger partial charge in [-0.25, -0.2) is 24.7 Å². The van der Waals surface area contributed by atoms with Crippen molar-refractivity contribution in [1.29, 1.82) is 0 Å². The fraction of sp³-hybridized carbons (Fsp3) is 0.383. The summed E-state index contributed by atoms with van der Waals surface area (Å²) >= 11 is 0. The molecule has 0 spiro atoms. The molecule has 350 valence electrons. The number of rotatable bonds is 16. The quantitative estimate of drug-likeness (QED) is 0.0896. The van der Waals surface area contributed by atoms with Crippen LogP contribution < -0.4 is 26.3 Å². The number of carbonyl (C=O) groups excluding carboxylic acids is 4. The number of anilines is 1. The Bertz CT molecular complexity index is 3110. The predicted octanol–water partition coefficient (Wildman–Crippen LogP) is 6.34. The summed E-state index contributed by atoms with van der Waals surface area (Å²) in [5.41, 5.74) is 15.6. The zero-order valence-electron chi connectivity index (χ0n) is 38.8. The number of carbonyl (C=O) groups is 4. The minimum atomic E-state index is -0.670. The van der Waals surface area contributed by atoms with E-state index in [9.17, 15) is 19.2 Å². The van der Waals surface area contributed by atoms with Crippen molar-refractivity contribution in [2.24, 2.45) is 17.4 Å². The Hall–Kier alpha value is -7.77. The maximum absolute atomic E-state index is 13.7. The summed E-state index contributed by atoms with van der Waals surface area (Å²) < 4.78 is 29.1. The monoisotopic (exact) mass is 914 g/mol. The normalized spacial score (nSPS) is 13.2. The van der Waals surface area contributed by atoms with E-state index in [1.165, 1.54) is 19.2 Å². The van der Waals surface area contributed by atoms with Crippen LogP contribution >= 0.6 is 0 Å². The smallest absolute Gasteiger partial charge is 0.410 e. The van der Waals surface area contributed by atoms with Gasteiger partial charge in [0.1, 0.15) is 34.0 Å². The van der Waals surface area contributed by atoms with Gasteiger partial charge in [0, 0.05) is 67.7 Å². The number of methoxy groups -OCH3 is 1. The molecule has 0 unspecified atom stereocenters. The zero-order chi connectivity index (χ0) is 47.9. The number of hydrogen-bond acceptors (Lipinski definition) is 13. The van der Waals surface area contributed by atoms with E-state index < -0.39 is 23.3 Å². The second-order valence-electron chi connectivity index (χ2n) is 17.4. The Morgan fingerprint density at radius 3 is 2.27 bits per heavy atom. The highest BCUT2D eigenvalue weighted by molar-refractivity contribution is 6.12. The average molecular weight is 915 g/mol. The maximum atomic E-state index is 13.7. The Morgan fingerprint density at radius 1 is 0.896 bits per heavy atom. The number of aromatic nitrogens is 8. The summed E-state index contributed by atoms with van der Waals surface area (Å²) in [5.74, 6) is 0.126. The number of allylic oxidation sites excluding steroid dienone is 2. The van der Waals surface area contributed by atoms with Crippen LogP contribution in [0.3, 0.4) is 0 Å². The van der Waals surface area contributed by atoms with E-state index >= 15 is 0 Å². The van der Waals surface area contributed by atoms with Crippen molar-refractivity contribution in [3.05, 3.63) is 82.8 Å². The lowest BCUT2D eigenvalue weighted by atomic mass is 9.97. The number of nitrogens with zero attached hydrogens (tertiary/aromatic N) is 9. The van der Waals surface area contributed by atoms with Gasteiger partial charge in [0.2, 0.25) is 23.5 Å². The molecule has 8 rings (SSSR count). The van der Waals surface area contributed by atoms with Gasteiger partial charge in [0.15, 0.2) is 11.7 Å². The van der Waals surface area contributed by atoms with E-state index in [-0.39, 0.29) is 47.9 Å². The van der Waals surface area contributed by atoms with Crippen molar-refractivity contribution in [3.8, 4) is 23.0 Å². The number of likely N-dealkylation sites (tertiary alicyclic amines) is 1. The van der Waals surface area contributed by atoms with Crippen LogP contribution in [0.1, 0.15) is 89.6 Å². The van der Waals surface area contributed by atoms with E-state index in [1.807, 2.05) is 69.0 Å². The molecule has 7 aromatic rings. The van der Waals surface area contributed by atoms with Crippen LogP contribution in [-0.2, 0) is 30.8 Å². The van der Waals surface area contributed by atoms with E-state index in [4.69, 9.17) is 45.0 Å². The van der Waals surface area contributed by atoms with E-state index in [0.29, 0.717) is 101 Å². The molecule has 1 aliphatic rings. The molecule has 0 aliphatic carbocycles. The van der Waals surface area contributed by atoms with Crippen LogP contribution in [0, 0.1) is 19.8 Å². The van der Waals surface area contributed by atoms with Gasteiger partial charge in [0.05, 0.1) is 36.1 Å². The largest absolute Gasteiger partial charge is 0.494 e. The Kier molecular flexibility index (Phi) is 12.5. The topological polar surface area (TPSA) is 256 Å². The molecule has 20 nitrogen and oxygen atoms in total. The molecule has 0 saturated carbocycles. The van der Waals surface area contributed by atoms with Gasteiger partial charge < -0.3 is 44.1 Å². The summed E-state index contributed by atoms with van der Waals surface area (Å²) in [6.45, 7) is 15.4. The van der Waals surface area contributed by atoms with Crippen LogP contribution in [0.25, 0.3) is 44.5 Å². The van der Waals surface area contributed by atoms with Gasteiger partial charge in [-0.05, 0) is 83.7 Å². The molecule has 5 aromatic heterocycles. The van der Waals surface area contributed by atoms with Gasteiger partial charge in [-0.3, -0.25) is 24.4 Å². The van der Waals surface area contributed by atoms with Crippen molar-refractivity contribution in [1.82, 2.24) is 43.8 Å². The summed E-state index contributed by atoms with van der Waals surface area (Å²) in [6, 6.07) is 8.36. The molecule has 0 bridgehead atoms. The second-order valence-corrected chi connectivity index (χ2v) is 17.4. The van der Waals surface area contributed by atoms with E-state index in [1.54, 1.807) is 34.7 Å². The molecule has 0 atom stereocenters. The van der Waals surface area contributed by atoms with Crippen LogP contribution in [0.5, 0.6) is 11.5 Å². The van der Waals surface area contributed by atoms with E-state index in [2.05, 4.69) is 15.4 Å². The summed E-state index contributed by atoms with van der Waals surface area (Å²) in [7, 11) is 1.47. The summed E-state index contributed by atoms with van der Waals surface area (Å²) in [6.07, 6.45) is 6.33. The van der Waals surface area contributed by atoms with Gasteiger partial charge in [0.25, 0.3) is 5.91 Å². The molecule has 67 heavy (non-hydrogen) atoms. The average Bonchev–Trinajstić information content (AvgIpc) is 4.02. The minimum absolute atomic E-state index is 0.0665. The third kappa shape index (κ3) is 9.23. The van der Waals surface area contributed by atoms with Gasteiger partial charge in [-0.1, -0.05) is 19.1 Å². The highest BCUT2D eigenvalue weighted by Gasteiger charge is 2.34. The first kappa shape index (κ1) is 45.8. The molecule has 20 heteroatoms. The Labute approximate surface area is 385 Å². The molecule has 0 radical (unpaired) electrons. The van der Waals surface area contributed by atoms with Crippen molar-refractivity contribution < 1.29 is 37.8 Å². The fourth-order valence-corrected chi connectivity index (χ4v) is 8.26. The van der Waals surface area contributed by atoms with Crippen molar-refractivity contribution in [2.75, 3.05) is 32.1 Å². The molecular weight excluding hydrogens is 861 g/mol. The lowest BCUT2D eigenvalue weighted by Crippen LogP contribution is -2.51. The molecule has 4 amide bonds. The number of nitrogens with one attached hydrogen (secondary N) is 1. The number of ether oxygens (including phenoxy) is 3. The first-order chi connectivity index (χ1) is 32.0. The van der Waals surface area contributed by atoms with E-state index in [0.717, 1.165) is 11.4 Å².